The molecule has 2 amide bonds. The van der Waals surface area contributed by atoms with Gasteiger partial charge in [-0.2, -0.15) is 0 Å². The highest BCUT2D eigenvalue weighted by Gasteiger charge is 1.99. The third-order valence-electron chi connectivity index (χ3n) is 2.48. The fraction of sp³-hybridized carbons (Fsp3) is 0. The van der Waals surface area contributed by atoms with E-state index in [1.54, 1.807) is 6.20 Å². The Hall–Kier alpha value is -1.59. The first kappa shape index (κ1) is 14.8. The van der Waals surface area contributed by atoms with E-state index >= 15 is 0 Å². The molecule has 2 aromatic carbocycles. The van der Waals surface area contributed by atoms with Gasteiger partial charge >= 0.3 is 6.03 Å². The molecule has 0 saturated carbocycles. The molecule has 0 spiro atoms. The van der Waals surface area contributed by atoms with Gasteiger partial charge in [0.25, 0.3) is 0 Å². The molecule has 5 heteroatoms. The zero-order valence-electron chi connectivity index (χ0n) is 10.4. The Labute approximate surface area is 134 Å². The number of anilines is 1. The summed E-state index contributed by atoms with van der Waals surface area (Å²) in [6, 6.07) is 14.9. The van der Waals surface area contributed by atoms with Crippen molar-refractivity contribution in [1.82, 2.24) is 5.32 Å². The molecule has 0 unspecified atom stereocenters. The fourth-order valence-electron chi connectivity index (χ4n) is 1.52. The van der Waals surface area contributed by atoms with Crippen LogP contribution in [0, 0.1) is 0 Å². The molecule has 0 atom stereocenters. The first-order valence-corrected chi connectivity index (χ1v) is 7.48. The minimum atomic E-state index is -0.282. The van der Waals surface area contributed by atoms with Crippen LogP contribution in [0.2, 0.25) is 0 Å². The highest BCUT2D eigenvalue weighted by molar-refractivity contribution is 9.10. The smallest absolute Gasteiger partial charge is 0.314 e. The summed E-state index contributed by atoms with van der Waals surface area (Å²) in [5.74, 6) is 0. The van der Waals surface area contributed by atoms with E-state index in [0.717, 1.165) is 20.2 Å². The summed E-state index contributed by atoms with van der Waals surface area (Å²) in [5.41, 5.74) is 1.73. The minimum Gasteiger partial charge on any atom is -0.314 e. The van der Waals surface area contributed by atoms with Gasteiger partial charge in [-0.05, 0) is 42.0 Å². The molecule has 102 valence electrons. The van der Waals surface area contributed by atoms with Gasteiger partial charge in [0.1, 0.15) is 0 Å². The number of carbonyl (C=O) groups excluding carboxylic acids is 1. The van der Waals surface area contributed by atoms with Crippen molar-refractivity contribution in [1.29, 1.82) is 0 Å². The number of benzene rings is 2. The Balaban J connectivity index is 1.89. The van der Waals surface area contributed by atoms with E-state index in [1.807, 2.05) is 54.6 Å². The van der Waals surface area contributed by atoms with E-state index in [-0.39, 0.29) is 6.03 Å². The van der Waals surface area contributed by atoms with Crippen molar-refractivity contribution in [2.75, 3.05) is 5.32 Å². The number of hydrogen-bond donors (Lipinski definition) is 2. The predicted octanol–water partition coefficient (Wildman–Crippen LogP) is 5.00. The van der Waals surface area contributed by atoms with Gasteiger partial charge in [0, 0.05) is 20.8 Å². The second-order valence-corrected chi connectivity index (χ2v) is 5.73. The van der Waals surface area contributed by atoms with E-state index in [0.29, 0.717) is 0 Å². The topological polar surface area (TPSA) is 41.1 Å². The van der Waals surface area contributed by atoms with Gasteiger partial charge in [0.05, 0.1) is 0 Å². The molecule has 0 aromatic heterocycles. The Kier molecular flexibility index (Phi) is 5.38. The molecule has 2 N–H and O–H groups in total. The fourth-order valence-corrected chi connectivity index (χ4v) is 2.20. The molecule has 2 rings (SSSR count). The van der Waals surface area contributed by atoms with Gasteiger partial charge in [0.2, 0.25) is 0 Å². The van der Waals surface area contributed by atoms with Crippen LogP contribution in [0.4, 0.5) is 10.5 Å². The molecule has 0 radical (unpaired) electrons. The highest BCUT2D eigenvalue weighted by atomic mass is 79.9. The van der Waals surface area contributed by atoms with Crippen molar-refractivity contribution in [3.63, 3.8) is 0 Å². The van der Waals surface area contributed by atoms with E-state index in [9.17, 15) is 4.79 Å². The molecule has 0 aliphatic rings. The lowest BCUT2D eigenvalue weighted by atomic mass is 10.2. The quantitative estimate of drug-likeness (QED) is 0.753. The number of amides is 2. The summed E-state index contributed by atoms with van der Waals surface area (Å²) in [6.07, 6.45) is 3.43. The molecule has 0 fully saturated rings. The number of hydrogen-bond acceptors (Lipinski definition) is 1. The van der Waals surface area contributed by atoms with Crippen LogP contribution < -0.4 is 10.6 Å². The van der Waals surface area contributed by atoms with Crippen LogP contribution >= 0.6 is 31.9 Å². The first-order valence-electron chi connectivity index (χ1n) is 5.89. The highest BCUT2D eigenvalue weighted by Crippen LogP contribution is 2.17. The average Bonchev–Trinajstić information content (AvgIpc) is 2.43. The summed E-state index contributed by atoms with van der Waals surface area (Å²) in [7, 11) is 0. The van der Waals surface area contributed by atoms with Crippen LogP contribution in [0.3, 0.4) is 0 Å². The monoisotopic (exact) mass is 394 g/mol. The van der Waals surface area contributed by atoms with Crippen molar-refractivity contribution in [2.45, 2.75) is 0 Å². The van der Waals surface area contributed by atoms with Gasteiger partial charge in [-0.25, -0.2) is 4.79 Å². The van der Waals surface area contributed by atoms with Crippen LogP contribution in [0.25, 0.3) is 6.08 Å². The molecule has 20 heavy (non-hydrogen) atoms. The minimum absolute atomic E-state index is 0.282. The molecular formula is C15H12Br2N2O. The summed E-state index contributed by atoms with van der Waals surface area (Å²) in [5, 5.41) is 5.39. The van der Waals surface area contributed by atoms with Crippen LogP contribution in [-0.2, 0) is 0 Å². The lowest BCUT2D eigenvalue weighted by molar-refractivity contribution is 0.255. The maximum Gasteiger partial charge on any atom is 0.323 e. The van der Waals surface area contributed by atoms with Crippen LogP contribution in [0.1, 0.15) is 5.56 Å². The molecule has 0 aliphatic heterocycles. The molecule has 0 bridgehead atoms. The van der Waals surface area contributed by atoms with E-state index in [2.05, 4.69) is 42.5 Å². The third kappa shape index (κ3) is 4.51. The van der Waals surface area contributed by atoms with Crippen molar-refractivity contribution >= 4 is 49.7 Å². The second-order valence-electron chi connectivity index (χ2n) is 3.96. The number of halogens is 2. The van der Waals surface area contributed by atoms with E-state index in [1.165, 1.54) is 0 Å². The van der Waals surface area contributed by atoms with Crippen LogP contribution in [0.15, 0.2) is 63.7 Å². The first-order chi connectivity index (χ1) is 9.65. The second kappa shape index (κ2) is 7.26. The Morgan fingerprint density at radius 2 is 1.70 bits per heavy atom. The van der Waals surface area contributed by atoms with Crippen molar-refractivity contribution < 1.29 is 4.79 Å². The molecular weight excluding hydrogens is 384 g/mol. The van der Waals surface area contributed by atoms with Crippen molar-refractivity contribution in [3.05, 3.63) is 69.2 Å². The van der Waals surface area contributed by atoms with Gasteiger partial charge in [-0.1, -0.05) is 50.1 Å². The predicted molar refractivity (Wildman–Crippen MR) is 89.5 cm³/mol. The standard InChI is InChI=1S/C15H12Br2N2O/c16-12-5-7-13(8-6-12)19-15(20)18-10-9-11-3-1-2-4-14(11)17/h1-10H,(H2,18,19,20)/b10-9+. The molecule has 0 aliphatic carbocycles. The molecule has 2 aromatic rings. The van der Waals surface area contributed by atoms with Crippen LogP contribution in [-0.4, -0.2) is 6.03 Å². The number of urea groups is 1. The zero-order chi connectivity index (χ0) is 14.4. The lowest BCUT2D eigenvalue weighted by Gasteiger charge is -2.04. The van der Waals surface area contributed by atoms with Gasteiger partial charge < -0.3 is 10.6 Å². The SMILES string of the molecule is O=C(N/C=C/c1ccccc1Br)Nc1ccc(Br)cc1. The van der Waals surface area contributed by atoms with E-state index in [4.69, 9.17) is 0 Å². The molecule has 0 heterocycles. The summed E-state index contributed by atoms with van der Waals surface area (Å²) >= 11 is 6.78. The van der Waals surface area contributed by atoms with E-state index < -0.39 is 0 Å². The number of rotatable bonds is 3. The zero-order valence-corrected chi connectivity index (χ0v) is 13.6. The summed E-state index contributed by atoms with van der Waals surface area (Å²) < 4.78 is 1.95. The number of carbonyl (C=O) groups is 1. The number of nitrogens with one attached hydrogen (secondary N) is 2. The maximum atomic E-state index is 11.7. The normalized spacial score (nSPS) is 10.5. The largest absolute Gasteiger partial charge is 0.323 e. The van der Waals surface area contributed by atoms with Crippen LogP contribution in [0.5, 0.6) is 0 Å². The summed E-state index contributed by atoms with van der Waals surface area (Å²) in [4.78, 5) is 11.7. The van der Waals surface area contributed by atoms with Gasteiger partial charge in [-0.3, -0.25) is 0 Å². The van der Waals surface area contributed by atoms with Gasteiger partial charge in [0.15, 0.2) is 0 Å². The maximum absolute atomic E-state index is 11.7. The Morgan fingerprint density at radius 1 is 1.00 bits per heavy atom. The summed E-state index contributed by atoms with van der Waals surface area (Å²) in [6.45, 7) is 0. The van der Waals surface area contributed by atoms with Crippen molar-refractivity contribution in [2.24, 2.45) is 0 Å². The van der Waals surface area contributed by atoms with Crippen molar-refractivity contribution in [3.8, 4) is 0 Å². The Bertz CT molecular complexity index is 624. The Morgan fingerprint density at radius 3 is 2.40 bits per heavy atom. The molecule has 0 saturated heterocycles. The van der Waals surface area contributed by atoms with Gasteiger partial charge in [-0.15, -0.1) is 0 Å². The lowest BCUT2D eigenvalue weighted by Crippen LogP contribution is -2.23. The average molecular weight is 396 g/mol. The molecule has 3 nitrogen and oxygen atoms in total. The third-order valence-corrected chi connectivity index (χ3v) is 3.74.